The largest absolute Gasteiger partial charge is 0.497 e. The maximum absolute atomic E-state index is 12.1. The summed E-state index contributed by atoms with van der Waals surface area (Å²) in [5, 5.41) is 3.31. The SMILES string of the molecule is COc1ccc(C=C2N=C(c3cc(I)ccc3Cl)NC2=O)cc1. The Morgan fingerprint density at radius 3 is 2.65 bits per heavy atom. The molecule has 0 unspecified atom stereocenters. The molecule has 0 radical (unpaired) electrons. The van der Waals surface area contributed by atoms with Gasteiger partial charge in [0.05, 0.1) is 12.1 Å². The van der Waals surface area contributed by atoms with Crippen LogP contribution in [0.5, 0.6) is 5.75 Å². The number of methoxy groups -OCH3 is 1. The highest BCUT2D eigenvalue weighted by molar-refractivity contribution is 14.1. The van der Waals surface area contributed by atoms with Crippen LogP contribution >= 0.6 is 34.2 Å². The summed E-state index contributed by atoms with van der Waals surface area (Å²) >= 11 is 8.39. The van der Waals surface area contributed by atoms with Crippen LogP contribution in [0, 0.1) is 3.57 Å². The Labute approximate surface area is 152 Å². The van der Waals surface area contributed by atoms with Crippen molar-refractivity contribution in [3.63, 3.8) is 0 Å². The van der Waals surface area contributed by atoms with Gasteiger partial charge in [-0.2, -0.15) is 0 Å². The number of rotatable bonds is 3. The van der Waals surface area contributed by atoms with Crippen LogP contribution in [0.2, 0.25) is 5.02 Å². The van der Waals surface area contributed by atoms with Crippen molar-refractivity contribution in [1.82, 2.24) is 5.32 Å². The van der Waals surface area contributed by atoms with Gasteiger partial charge >= 0.3 is 0 Å². The third-order valence-corrected chi connectivity index (χ3v) is 4.30. The van der Waals surface area contributed by atoms with Crippen LogP contribution in [0.3, 0.4) is 0 Å². The smallest absolute Gasteiger partial charge is 0.275 e. The van der Waals surface area contributed by atoms with Crippen molar-refractivity contribution >= 4 is 52.0 Å². The first-order chi connectivity index (χ1) is 11.1. The number of nitrogens with one attached hydrogen (secondary N) is 1. The molecule has 23 heavy (non-hydrogen) atoms. The van der Waals surface area contributed by atoms with E-state index >= 15 is 0 Å². The molecule has 1 N–H and O–H groups in total. The number of hydrogen-bond acceptors (Lipinski definition) is 3. The molecular weight excluding hydrogens is 427 g/mol. The molecule has 0 saturated heterocycles. The first-order valence-corrected chi connectivity index (χ1v) is 8.24. The Balaban J connectivity index is 1.94. The van der Waals surface area contributed by atoms with Gasteiger partial charge in [0.25, 0.3) is 5.91 Å². The zero-order chi connectivity index (χ0) is 16.4. The van der Waals surface area contributed by atoms with E-state index in [1.165, 1.54) is 0 Å². The summed E-state index contributed by atoms with van der Waals surface area (Å²) in [6.07, 6.45) is 1.73. The van der Waals surface area contributed by atoms with E-state index in [1.807, 2.05) is 36.4 Å². The molecule has 2 aromatic rings. The number of carbonyl (C=O) groups excluding carboxylic acids is 1. The fraction of sp³-hybridized carbons (Fsp3) is 0.0588. The molecule has 4 nitrogen and oxygen atoms in total. The summed E-state index contributed by atoms with van der Waals surface area (Å²) in [6, 6.07) is 13.0. The van der Waals surface area contributed by atoms with Gasteiger partial charge in [-0.25, -0.2) is 4.99 Å². The third-order valence-electron chi connectivity index (χ3n) is 3.30. The number of amidine groups is 1. The molecule has 6 heteroatoms. The molecule has 0 bridgehead atoms. The number of aliphatic imine (C=N–C) groups is 1. The molecule has 0 spiro atoms. The lowest BCUT2D eigenvalue weighted by atomic mass is 10.2. The highest BCUT2D eigenvalue weighted by Crippen LogP contribution is 2.23. The minimum absolute atomic E-state index is 0.245. The van der Waals surface area contributed by atoms with Crippen molar-refractivity contribution in [2.75, 3.05) is 7.11 Å². The van der Waals surface area contributed by atoms with Crippen molar-refractivity contribution in [2.24, 2.45) is 4.99 Å². The lowest BCUT2D eigenvalue weighted by Gasteiger charge is -2.03. The van der Waals surface area contributed by atoms with Gasteiger partial charge < -0.3 is 10.1 Å². The molecule has 2 aromatic carbocycles. The second-order valence-electron chi connectivity index (χ2n) is 4.84. The van der Waals surface area contributed by atoms with Gasteiger partial charge in [-0.1, -0.05) is 23.7 Å². The molecule has 0 aromatic heterocycles. The highest BCUT2D eigenvalue weighted by atomic mass is 127. The number of carbonyl (C=O) groups is 1. The minimum atomic E-state index is -0.245. The zero-order valence-corrected chi connectivity index (χ0v) is 15.1. The molecule has 0 aliphatic carbocycles. The normalized spacial score (nSPS) is 15.5. The highest BCUT2D eigenvalue weighted by Gasteiger charge is 2.22. The van der Waals surface area contributed by atoms with E-state index in [0.29, 0.717) is 22.1 Å². The first kappa shape index (κ1) is 16.0. The van der Waals surface area contributed by atoms with Gasteiger partial charge in [0.1, 0.15) is 17.3 Å². The number of benzene rings is 2. The molecular formula is C17H12ClIN2O2. The summed E-state index contributed by atoms with van der Waals surface area (Å²) in [6.45, 7) is 0. The predicted molar refractivity (Wildman–Crippen MR) is 99.8 cm³/mol. The van der Waals surface area contributed by atoms with Crippen molar-refractivity contribution in [2.45, 2.75) is 0 Å². The van der Waals surface area contributed by atoms with E-state index < -0.39 is 0 Å². The van der Waals surface area contributed by atoms with Gasteiger partial charge in [0.2, 0.25) is 0 Å². The average molecular weight is 439 g/mol. The van der Waals surface area contributed by atoms with Gasteiger partial charge in [-0.15, -0.1) is 0 Å². The summed E-state index contributed by atoms with van der Waals surface area (Å²) in [5.74, 6) is 0.988. The van der Waals surface area contributed by atoms with Crippen molar-refractivity contribution in [1.29, 1.82) is 0 Å². The lowest BCUT2D eigenvalue weighted by molar-refractivity contribution is -0.115. The van der Waals surface area contributed by atoms with Crippen molar-refractivity contribution < 1.29 is 9.53 Å². The summed E-state index contributed by atoms with van der Waals surface area (Å²) in [5.41, 5.74) is 1.93. The molecule has 1 aliphatic heterocycles. The van der Waals surface area contributed by atoms with Crippen LogP contribution in [0.1, 0.15) is 11.1 Å². The molecule has 3 rings (SSSR count). The van der Waals surface area contributed by atoms with Crippen LogP contribution in [0.25, 0.3) is 6.08 Å². The Hall–Kier alpha value is -1.86. The van der Waals surface area contributed by atoms with Crippen LogP contribution in [0.15, 0.2) is 53.2 Å². The quantitative estimate of drug-likeness (QED) is 0.584. The molecule has 1 heterocycles. The van der Waals surface area contributed by atoms with E-state index in [1.54, 1.807) is 19.3 Å². The fourth-order valence-electron chi connectivity index (χ4n) is 2.13. The maximum atomic E-state index is 12.1. The Morgan fingerprint density at radius 1 is 1.22 bits per heavy atom. The average Bonchev–Trinajstić information content (AvgIpc) is 2.91. The van der Waals surface area contributed by atoms with Crippen LogP contribution < -0.4 is 10.1 Å². The standard InChI is InChI=1S/C17H12ClIN2O2/c1-23-12-5-2-10(3-6-12)8-15-17(22)21-16(20-15)13-9-11(19)4-7-14(13)18/h2-9H,1H3,(H,20,21,22). The maximum Gasteiger partial charge on any atom is 0.275 e. The summed E-state index contributed by atoms with van der Waals surface area (Å²) in [7, 11) is 1.61. The third kappa shape index (κ3) is 3.56. The first-order valence-electron chi connectivity index (χ1n) is 6.78. The molecule has 0 fully saturated rings. The molecule has 116 valence electrons. The molecule has 0 saturated carbocycles. The van der Waals surface area contributed by atoms with Crippen molar-refractivity contribution in [3.05, 3.63) is 67.9 Å². The van der Waals surface area contributed by atoms with Gasteiger partial charge in [-0.3, -0.25) is 4.79 Å². The van der Waals surface area contributed by atoms with E-state index in [0.717, 1.165) is 14.9 Å². The Morgan fingerprint density at radius 2 is 1.96 bits per heavy atom. The minimum Gasteiger partial charge on any atom is -0.497 e. The Bertz CT molecular complexity index is 829. The molecule has 1 aliphatic rings. The predicted octanol–water partition coefficient (Wildman–Crippen LogP) is 3.87. The number of halogens is 2. The topological polar surface area (TPSA) is 50.7 Å². The van der Waals surface area contributed by atoms with Gasteiger partial charge in [0.15, 0.2) is 0 Å². The van der Waals surface area contributed by atoms with Crippen LogP contribution in [-0.4, -0.2) is 18.9 Å². The number of ether oxygens (including phenoxy) is 1. The number of amides is 1. The number of hydrogen-bond donors (Lipinski definition) is 1. The molecule has 0 atom stereocenters. The van der Waals surface area contributed by atoms with E-state index in [2.05, 4.69) is 32.9 Å². The summed E-state index contributed by atoms with van der Waals surface area (Å²) < 4.78 is 6.14. The van der Waals surface area contributed by atoms with Crippen LogP contribution in [-0.2, 0) is 4.79 Å². The molecule has 1 amide bonds. The monoisotopic (exact) mass is 438 g/mol. The Kier molecular flexibility index (Phi) is 4.68. The second-order valence-corrected chi connectivity index (χ2v) is 6.49. The zero-order valence-electron chi connectivity index (χ0n) is 12.1. The van der Waals surface area contributed by atoms with E-state index in [4.69, 9.17) is 16.3 Å². The van der Waals surface area contributed by atoms with Crippen LogP contribution in [0.4, 0.5) is 0 Å². The second kappa shape index (κ2) is 6.72. The van der Waals surface area contributed by atoms with Gasteiger partial charge in [-0.05, 0) is 64.6 Å². The van der Waals surface area contributed by atoms with Gasteiger partial charge in [0, 0.05) is 9.13 Å². The fourth-order valence-corrected chi connectivity index (χ4v) is 2.83. The van der Waals surface area contributed by atoms with Crippen molar-refractivity contribution in [3.8, 4) is 5.75 Å². The summed E-state index contributed by atoms with van der Waals surface area (Å²) in [4.78, 5) is 16.5. The lowest BCUT2D eigenvalue weighted by Crippen LogP contribution is -2.25. The number of nitrogens with zero attached hydrogens (tertiary/aromatic N) is 1. The van der Waals surface area contributed by atoms with E-state index in [-0.39, 0.29) is 5.91 Å². The van der Waals surface area contributed by atoms with E-state index in [9.17, 15) is 4.79 Å².